The van der Waals surface area contributed by atoms with E-state index in [0.717, 1.165) is 89.9 Å². The Bertz CT molecular complexity index is 1450. The molecule has 0 heterocycles. The van der Waals surface area contributed by atoms with Crippen molar-refractivity contribution >= 4 is 19.7 Å². The van der Waals surface area contributed by atoms with Crippen LogP contribution in [0.1, 0.15) is 252 Å². The predicted molar refractivity (Wildman–Crippen MR) is 305 cm³/mol. The van der Waals surface area contributed by atoms with Gasteiger partial charge in [0.15, 0.2) is 0 Å². The Hall–Kier alpha value is -2.55. The maximum atomic E-state index is 13.5. The summed E-state index contributed by atoms with van der Waals surface area (Å²) in [5, 5.41) is 3.03. The van der Waals surface area contributed by atoms with E-state index in [1.165, 1.54) is 122 Å². The molecule has 0 spiro atoms. The van der Waals surface area contributed by atoms with Gasteiger partial charge in [0.25, 0.3) is 0 Å². The SMILES string of the molecule is CC/C=C\C/C=C\C/C=C\C/C=C\C/C=C\CCCCCC(=O)NC(COP(=O)(O)OCC[N+](C)(C)C)C(/C=C\CCCCCCCCCCCCC)OC(=O)CCCCCCCCCCCCCCC. The van der Waals surface area contributed by atoms with Gasteiger partial charge in [0.2, 0.25) is 5.91 Å². The highest BCUT2D eigenvalue weighted by molar-refractivity contribution is 7.47. The van der Waals surface area contributed by atoms with E-state index < -0.39 is 20.0 Å². The third-order valence-corrected chi connectivity index (χ3v) is 13.6. The van der Waals surface area contributed by atoms with Crippen LogP contribution in [0.5, 0.6) is 0 Å². The first-order chi connectivity index (χ1) is 34.4. The van der Waals surface area contributed by atoms with E-state index in [4.69, 9.17) is 13.8 Å². The van der Waals surface area contributed by atoms with Gasteiger partial charge in [-0.15, -0.1) is 0 Å². The number of carbonyl (C=O) groups excluding carboxylic acids is 2. The molecule has 0 saturated heterocycles. The molecule has 0 aromatic rings. The number of hydrogen-bond donors (Lipinski definition) is 2. The van der Waals surface area contributed by atoms with E-state index in [1.807, 2.05) is 33.3 Å². The van der Waals surface area contributed by atoms with Crippen LogP contribution in [-0.4, -0.2) is 74.3 Å². The molecule has 0 saturated carbocycles. The van der Waals surface area contributed by atoms with Gasteiger partial charge >= 0.3 is 13.8 Å². The summed E-state index contributed by atoms with van der Waals surface area (Å²) in [5.74, 6) is -0.540. The highest BCUT2D eigenvalue weighted by Gasteiger charge is 2.30. The number of amides is 1. The molecule has 412 valence electrons. The van der Waals surface area contributed by atoms with Crippen LogP contribution in [0, 0.1) is 0 Å². The molecule has 0 aromatic heterocycles. The third-order valence-electron chi connectivity index (χ3n) is 12.7. The van der Waals surface area contributed by atoms with Crippen LogP contribution >= 0.6 is 7.82 Å². The Morgan fingerprint density at radius 1 is 0.507 bits per heavy atom. The van der Waals surface area contributed by atoms with Gasteiger partial charge < -0.3 is 19.4 Å². The number of esters is 1. The van der Waals surface area contributed by atoms with E-state index in [1.54, 1.807) is 0 Å². The van der Waals surface area contributed by atoms with Crippen LogP contribution < -0.4 is 5.32 Å². The molecule has 0 aliphatic rings. The molecule has 0 bridgehead atoms. The Morgan fingerprint density at radius 2 is 0.901 bits per heavy atom. The molecule has 0 fully saturated rings. The normalized spacial score (nSPS) is 14.3. The molecule has 10 heteroatoms. The summed E-state index contributed by atoms with van der Waals surface area (Å²) in [7, 11) is 1.47. The minimum Gasteiger partial charge on any atom is -0.456 e. The molecule has 1 amide bonds. The molecular formula is C61H112N2O7P+. The Kier molecular flexibility index (Phi) is 49.1. The third kappa shape index (κ3) is 52.1. The van der Waals surface area contributed by atoms with Crippen molar-refractivity contribution in [3.63, 3.8) is 0 Å². The minimum absolute atomic E-state index is 0.0321. The van der Waals surface area contributed by atoms with Crippen LogP contribution in [-0.2, 0) is 27.9 Å². The highest BCUT2D eigenvalue weighted by Crippen LogP contribution is 2.43. The van der Waals surface area contributed by atoms with Crippen molar-refractivity contribution in [3.05, 3.63) is 72.9 Å². The Balaban J connectivity index is 5.40. The smallest absolute Gasteiger partial charge is 0.456 e. The zero-order valence-corrected chi connectivity index (χ0v) is 47.8. The average molecular weight is 1020 g/mol. The van der Waals surface area contributed by atoms with Gasteiger partial charge in [0, 0.05) is 12.8 Å². The maximum absolute atomic E-state index is 13.5. The summed E-state index contributed by atoms with van der Waals surface area (Å²) in [4.78, 5) is 37.6. The monoisotopic (exact) mass is 1020 g/mol. The standard InChI is InChI=1S/C61H111N2O7P/c1-7-10-13-16-19-22-25-28-29-30-31-32-33-36-38-41-44-47-50-53-60(64)62-58(57-69-71(66,67)68-56-55-63(4,5)6)59(52-49-46-43-40-37-34-26-23-20-17-14-11-8-2)70-61(65)54-51-48-45-42-39-35-27-24-21-18-15-12-9-3/h10,13,19,22,28-29,31-32,36,38,49,52,58-59H,7-9,11-12,14-18,20-21,23-27,30,33-35,37,39-48,50-51,53-57H2,1-6H3,(H-,62,64,66,67)/p+1/b13-10-,22-19-,29-28-,32-31-,38-36-,52-49-. The van der Waals surface area contributed by atoms with Gasteiger partial charge in [-0.1, -0.05) is 235 Å². The average Bonchev–Trinajstić information content (AvgIpc) is 3.33. The number of phosphoric ester groups is 1. The number of nitrogens with zero attached hydrogens (tertiary/aromatic N) is 1. The molecule has 0 aliphatic heterocycles. The van der Waals surface area contributed by atoms with Crippen molar-refractivity contribution in [1.82, 2.24) is 5.32 Å². The second-order valence-electron chi connectivity index (χ2n) is 20.8. The van der Waals surface area contributed by atoms with Crippen LogP contribution in [0.25, 0.3) is 0 Å². The van der Waals surface area contributed by atoms with Gasteiger partial charge in [-0.2, -0.15) is 0 Å². The molecule has 2 N–H and O–H groups in total. The molecule has 3 atom stereocenters. The Morgan fingerprint density at radius 3 is 1.37 bits per heavy atom. The summed E-state index contributed by atoms with van der Waals surface area (Å²) in [6.07, 6.45) is 64.6. The predicted octanol–water partition coefficient (Wildman–Crippen LogP) is 17.7. The van der Waals surface area contributed by atoms with Gasteiger partial charge in [0.1, 0.15) is 19.3 Å². The van der Waals surface area contributed by atoms with Crippen LogP contribution in [0.15, 0.2) is 72.9 Å². The zero-order valence-electron chi connectivity index (χ0n) is 47.0. The van der Waals surface area contributed by atoms with E-state index in [-0.39, 0.29) is 31.5 Å². The van der Waals surface area contributed by atoms with Crippen molar-refractivity contribution in [2.75, 3.05) is 40.9 Å². The van der Waals surface area contributed by atoms with E-state index >= 15 is 0 Å². The molecular weight excluding hydrogens is 904 g/mol. The Labute approximate surface area is 438 Å². The number of nitrogens with one attached hydrogen (secondary N) is 1. The lowest BCUT2D eigenvalue weighted by atomic mass is 10.0. The van der Waals surface area contributed by atoms with Crippen molar-refractivity contribution in [2.24, 2.45) is 0 Å². The second-order valence-corrected chi connectivity index (χ2v) is 22.2. The number of allylic oxidation sites excluding steroid dienone is 11. The number of likely N-dealkylation sites (N-methyl/N-ethyl adjacent to an activating group) is 1. The first-order valence-electron chi connectivity index (χ1n) is 29.3. The summed E-state index contributed by atoms with van der Waals surface area (Å²) in [5.41, 5.74) is 0. The molecule has 0 aliphatic carbocycles. The summed E-state index contributed by atoms with van der Waals surface area (Å²) in [6, 6.07) is -0.865. The molecule has 0 rings (SSSR count). The molecule has 3 unspecified atom stereocenters. The highest BCUT2D eigenvalue weighted by atomic mass is 31.2. The van der Waals surface area contributed by atoms with Crippen LogP contribution in [0.2, 0.25) is 0 Å². The fraction of sp³-hybridized carbons (Fsp3) is 0.770. The number of unbranched alkanes of at least 4 members (excludes halogenated alkanes) is 26. The number of carbonyl (C=O) groups is 2. The van der Waals surface area contributed by atoms with Gasteiger partial charge in [-0.05, 0) is 76.7 Å². The van der Waals surface area contributed by atoms with Crippen LogP contribution in [0.4, 0.5) is 0 Å². The van der Waals surface area contributed by atoms with E-state index in [0.29, 0.717) is 23.9 Å². The molecule has 0 aromatic carbocycles. The number of hydrogen-bond acceptors (Lipinski definition) is 6. The van der Waals surface area contributed by atoms with Crippen molar-refractivity contribution in [3.8, 4) is 0 Å². The zero-order chi connectivity index (χ0) is 52.2. The van der Waals surface area contributed by atoms with Gasteiger partial charge in [-0.25, -0.2) is 4.57 Å². The number of rotatable bonds is 52. The van der Waals surface area contributed by atoms with Gasteiger partial charge in [0.05, 0.1) is 33.8 Å². The summed E-state index contributed by atoms with van der Waals surface area (Å²) in [6.45, 7) is 6.87. The fourth-order valence-corrected chi connectivity index (χ4v) is 8.88. The second kappa shape index (κ2) is 51.0. The lowest BCUT2D eigenvalue weighted by Gasteiger charge is -2.27. The van der Waals surface area contributed by atoms with Crippen LogP contribution in [0.3, 0.4) is 0 Å². The summed E-state index contributed by atoms with van der Waals surface area (Å²) >= 11 is 0. The van der Waals surface area contributed by atoms with E-state index in [9.17, 15) is 19.0 Å². The lowest BCUT2D eigenvalue weighted by Crippen LogP contribution is -2.47. The van der Waals surface area contributed by atoms with Crippen molar-refractivity contribution in [1.29, 1.82) is 0 Å². The minimum atomic E-state index is -4.45. The topological polar surface area (TPSA) is 111 Å². The number of phosphoric acid groups is 1. The number of quaternary nitrogens is 1. The maximum Gasteiger partial charge on any atom is 0.472 e. The largest absolute Gasteiger partial charge is 0.472 e. The fourth-order valence-electron chi connectivity index (χ4n) is 8.14. The lowest BCUT2D eigenvalue weighted by molar-refractivity contribution is -0.870. The van der Waals surface area contributed by atoms with Crippen molar-refractivity contribution < 1.29 is 37.3 Å². The number of ether oxygens (including phenoxy) is 1. The summed E-state index contributed by atoms with van der Waals surface area (Å²) < 4.78 is 30.6. The molecule has 71 heavy (non-hydrogen) atoms. The first kappa shape index (κ1) is 68.5. The molecule has 9 nitrogen and oxygen atoms in total. The first-order valence-corrected chi connectivity index (χ1v) is 30.8. The quantitative estimate of drug-likeness (QED) is 0.0205. The van der Waals surface area contributed by atoms with Gasteiger partial charge in [-0.3, -0.25) is 18.6 Å². The van der Waals surface area contributed by atoms with Crippen molar-refractivity contribution in [2.45, 2.75) is 264 Å². The van der Waals surface area contributed by atoms with E-state index in [2.05, 4.69) is 86.8 Å². The molecule has 0 radical (unpaired) electrons.